The smallest absolute Gasteiger partial charge is 0.303 e. The Morgan fingerprint density at radius 2 is 1.94 bits per heavy atom. The maximum Gasteiger partial charge on any atom is 0.303 e. The largest absolute Gasteiger partial charge is 0.481 e. The second-order valence-corrected chi connectivity index (χ2v) is 4.50. The Hall–Kier alpha value is -0.830. The van der Waals surface area contributed by atoms with Crippen molar-refractivity contribution in [3.05, 3.63) is 12.2 Å². The monoisotopic (exact) mass is 242 g/mol. The van der Waals surface area contributed by atoms with Gasteiger partial charge in [0.05, 0.1) is 6.10 Å². The molecule has 0 aromatic heterocycles. The summed E-state index contributed by atoms with van der Waals surface area (Å²) in [7, 11) is 0. The Morgan fingerprint density at radius 1 is 1.18 bits per heavy atom. The van der Waals surface area contributed by atoms with E-state index < -0.39 is 5.97 Å². The minimum absolute atomic E-state index is 0.226. The van der Waals surface area contributed by atoms with E-state index in [9.17, 15) is 9.90 Å². The van der Waals surface area contributed by atoms with Gasteiger partial charge in [-0.05, 0) is 25.7 Å². The SMILES string of the molecule is CCCCCCC(O)C/C=C\CCCC(=O)O. The van der Waals surface area contributed by atoms with E-state index in [0.29, 0.717) is 12.8 Å². The standard InChI is InChI=1S/C14H26O3/c1-2-3-4-7-10-13(15)11-8-5-6-9-12-14(16)17/h5,8,13,15H,2-4,6-7,9-12H2,1H3,(H,16,17)/b8-5-. The van der Waals surface area contributed by atoms with Crippen LogP contribution in [0.1, 0.15) is 64.7 Å². The third-order valence-corrected chi connectivity index (χ3v) is 2.73. The van der Waals surface area contributed by atoms with Gasteiger partial charge in [-0.2, -0.15) is 0 Å². The zero-order valence-corrected chi connectivity index (χ0v) is 10.9. The summed E-state index contributed by atoms with van der Waals surface area (Å²) >= 11 is 0. The van der Waals surface area contributed by atoms with Crippen LogP contribution in [0.15, 0.2) is 12.2 Å². The van der Waals surface area contributed by atoms with Crippen LogP contribution in [0.25, 0.3) is 0 Å². The molecule has 0 aromatic rings. The van der Waals surface area contributed by atoms with Crippen LogP contribution < -0.4 is 0 Å². The van der Waals surface area contributed by atoms with Crippen LogP contribution in [-0.4, -0.2) is 22.3 Å². The summed E-state index contributed by atoms with van der Waals surface area (Å²) in [5, 5.41) is 18.1. The quantitative estimate of drug-likeness (QED) is 0.430. The van der Waals surface area contributed by atoms with Crippen LogP contribution in [0.5, 0.6) is 0 Å². The molecule has 1 unspecified atom stereocenters. The van der Waals surface area contributed by atoms with Crippen molar-refractivity contribution in [2.75, 3.05) is 0 Å². The number of aliphatic hydroxyl groups excluding tert-OH is 1. The van der Waals surface area contributed by atoms with E-state index in [4.69, 9.17) is 5.11 Å². The lowest BCUT2D eigenvalue weighted by molar-refractivity contribution is -0.137. The summed E-state index contributed by atoms with van der Waals surface area (Å²) in [5.41, 5.74) is 0. The molecule has 3 heteroatoms. The number of allylic oxidation sites excluding steroid dienone is 1. The molecule has 0 aromatic carbocycles. The molecule has 0 radical (unpaired) electrons. The zero-order chi connectivity index (χ0) is 12.9. The predicted molar refractivity (Wildman–Crippen MR) is 70.0 cm³/mol. The van der Waals surface area contributed by atoms with Gasteiger partial charge in [0.25, 0.3) is 0 Å². The Kier molecular flexibility index (Phi) is 11.1. The van der Waals surface area contributed by atoms with Crippen molar-refractivity contribution < 1.29 is 15.0 Å². The summed E-state index contributed by atoms with van der Waals surface area (Å²) in [6.07, 6.45) is 11.7. The number of hydrogen-bond donors (Lipinski definition) is 2. The van der Waals surface area contributed by atoms with Crippen LogP contribution in [-0.2, 0) is 4.79 Å². The van der Waals surface area contributed by atoms with Crippen LogP contribution in [0.4, 0.5) is 0 Å². The van der Waals surface area contributed by atoms with Gasteiger partial charge in [0.1, 0.15) is 0 Å². The normalized spacial score (nSPS) is 13.1. The molecule has 0 saturated heterocycles. The highest BCUT2D eigenvalue weighted by atomic mass is 16.4. The van der Waals surface area contributed by atoms with Crippen LogP contribution in [0.3, 0.4) is 0 Å². The fourth-order valence-electron chi connectivity index (χ4n) is 1.67. The summed E-state index contributed by atoms with van der Waals surface area (Å²) in [6.45, 7) is 2.18. The maximum atomic E-state index is 10.2. The third kappa shape index (κ3) is 13.1. The Bertz CT molecular complexity index is 212. The van der Waals surface area contributed by atoms with E-state index in [1.807, 2.05) is 12.2 Å². The Labute approximate surface area is 105 Å². The van der Waals surface area contributed by atoms with Gasteiger partial charge in [-0.15, -0.1) is 0 Å². The van der Waals surface area contributed by atoms with E-state index in [-0.39, 0.29) is 12.5 Å². The van der Waals surface area contributed by atoms with Gasteiger partial charge in [-0.1, -0.05) is 44.8 Å². The summed E-state index contributed by atoms with van der Waals surface area (Å²) in [6, 6.07) is 0. The molecule has 0 saturated carbocycles. The molecule has 17 heavy (non-hydrogen) atoms. The number of aliphatic hydroxyl groups is 1. The molecule has 0 aliphatic heterocycles. The highest BCUT2D eigenvalue weighted by Crippen LogP contribution is 2.08. The van der Waals surface area contributed by atoms with Crippen molar-refractivity contribution in [1.82, 2.24) is 0 Å². The van der Waals surface area contributed by atoms with Gasteiger partial charge < -0.3 is 10.2 Å². The molecule has 0 heterocycles. The molecular weight excluding hydrogens is 216 g/mol. The number of aliphatic carboxylic acids is 1. The van der Waals surface area contributed by atoms with Gasteiger partial charge >= 0.3 is 5.97 Å². The first-order chi connectivity index (χ1) is 8.16. The second kappa shape index (κ2) is 11.6. The predicted octanol–water partition coefficient (Wildman–Crippen LogP) is 3.52. The maximum absolute atomic E-state index is 10.2. The number of carbonyl (C=O) groups is 1. The second-order valence-electron chi connectivity index (χ2n) is 4.50. The number of hydrogen-bond acceptors (Lipinski definition) is 2. The van der Waals surface area contributed by atoms with Crippen LogP contribution in [0, 0.1) is 0 Å². The van der Waals surface area contributed by atoms with Gasteiger partial charge in [0, 0.05) is 6.42 Å². The van der Waals surface area contributed by atoms with Crippen LogP contribution >= 0.6 is 0 Å². The molecular formula is C14H26O3. The average molecular weight is 242 g/mol. The average Bonchev–Trinajstić information content (AvgIpc) is 2.29. The van der Waals surface area contributed by atoms with Crippen molar-refractivity contribution in [1.29, 1.82) is 0 Å². The lowest BCUT2D eigenvalue weighted by Gasteiger charge is -2.06. The first-order valence-electron chi connectivity index (χ1n) is 6.71. The molecule has 0 amide bonds. The topological polar surface area (TPSA) is 57.5 Å². The summed E-state index contributed by atoms with van der Waals surface area (Å²) in [4.78, 5) is 10.2. The molecule has 0 bridgehead atoms. The molecule has 2 N–H and O–H groups in total. The summed E-state index contributed by atoms with van der Waals surface area (Å²) in [5.74, 6) is -0.741. The van der Waals surface area contributed by atoms with E-state index >= 15 is 0 Å². The van der Waals surface area contributed by atoms with Crippen molar-refractivity contribution in [2.24, 2.45) is 0 Å². The zero-order valence-electron chi connectivity index (χ0n) is 10.9. The number of unbranched alkanes of at least 4 members (excludes halogenated alkanes) is 4. The van der Waals surface area contributed by atoms with Crippen molar-refractivity contribution >= 4 is 5.97 Å². The highest BCUT2D eigenvalue weighted by Gasteiger charge is 2.00. The Morgan fingerprint density at radius 3 is 2.59 bits per heavy atom. The number of rotatable bonds is 11. The summed E-state index contributed by atoms with van der Waals surface area (Å²) < 4.78 is 0. The Balaban J connectivity index is 3.33. The fraction of sp³-hybridized carbons (Fsp3) is 0.786. The van der Waals surface area contributed by atoms with Crippen LogP contribution in [0.2, 0.25) is 0 Å². The molecule has 0 fully saturated rings. The first kappa shape index (κ1) is 16.2. The minimum atomic E-state index is -0.741. The lowest BCUT2D eigenvalue weighted by atomic mass is 10.1. The fourth-order valence-corrected chi connectivity index (χ4v) is 1.67. The molecule has 0 aliphatic rings. The van der Waals surface area contributed by atoms with E-state index in [0.717, 1.165) is 19.3 Å². The number of carboxylic acids is 1. The van der Waals surface area contributed by atoms with E-state index in [2.05, 4.69) is 6.92 Å². The minimum Gasteiger partial charge on any atom is -0.481 e. The molecule has 0 rings (SSSR count). The molecule has 100 valence electrons. The van der Waals surface area contributed by atoms with Gasteiger partial charge in [-0.3, -0.25) is 4.79 Å². The highest BCUT2D eigenvalue weighted by molar-refractivity contribution is 5.66. The van der Waals surface area contributed by atoms with Crippen molar-refractivity contribution in [3.8, 4) is 0 Å². The molecule has 0 aliphatic carbocycles. The van der Waals surface area contributed by atoms with E-state index in [1.165, 1.54) is 19.3 Å². The molecule has 0 spiro atoms. The van der Waals surface area contributed by atoms with E-state index in [1.54, 1.807) is 0 Å². The number of carboxylic acid groups (broad SMARTS) is 1. The molecule has 3 nitrogen and oxygen atoms in total. The van der Waals surface area contributed by atoms with Gasteiger partial charge in [0.15, 0.2) is 0 Å². The van der Waals surface area contributed by atoms with Crippen molar-refractivity contribution in [2.45, 2.75) is 70.8 Å². The molecule has 1 atom stereocenters. The third-order valence-electron chi connectivity index (χ3n) is 2.73. The first-order valence-corrected chi connectivity index (χ1v) is 6.71. The van der Waals surface area contributed by atoms with Gasteiger partial charge in [0.2, 0.25) is 0 Å². The van der Waals surface area contributed by atoms with Crippen molar-refractivity contribution in [3.63, 3.8) is 0 Å². The lowest BCUT2D eigenvalue weighted by Crippen LogP contribution is -2.04. The van der Waals surface area contributed by atoms with Gasteiger partial charge in [-0.25, -0.2) is 0 Å².